The highest BCUT2D eigenvalue weighted by atomic mass is 31.1. The molecule has 3 rings (SSSR count). The molecule has 4 nitrogen and oxygen atoms in total. The summed E-state index contributed by atoms with van der Waals surface area (Å²) in [7, 11) is 5.85. The fraction of sp³-hybridized carbons (Fsp3) is 0.400. The number of benzene rings is 3. The molecule has 188 valence electrons. The molecule has 0 heterocycles. The maximum atomic E-state index is 6.14. The van der Waals surface area contributed by atoms with Gasteiger partial charge in [-0.25, -0.2) is 0 Å². The van der Waals surface area contributed by atoms with E-state index in [1.807, 2.05) is 6.07 Å². The van der Waals surface area contributed by atoms with E-state index in [4.69, 9.17) is 18.9 Å². The van der Waals surface area contributed by atoms with Gasteiger partial charge < -0.3 is 18.9 Å². The van der Waals surface area contributed by atoms with Gasteiger partial charge in [0, 0.05) is 21.7 Å². The highest BCUT2D eigenvalue weighted by Gasteiger charge is 2.32. The second kappa shape index (κ2) is 10.5. The topological polar surface area (TPSA) is 36.9 Å². The zero-order valence-electron chi connectivity index (χ0n) is 22.8. The zero-order valence-corrected chi connectivity index (χ0v) is 23.7. The van der Waals surface area contributed by atoms with Crippen LogP contribution in [0.3, 0.4) is 0 Å². The summed E-state index contributed by atoms with van der Waals surface area (Å²) in [6.07, 6.45) is 0. The second-order valence-electron chi connectivity index (χ2n) is 10.6. The molecular formula is C30H39O4P. The number of rotatable bonds is 7. The Bertz CT molecular complexity index is 1080. The lowest BCUT2D eigenvalue weighted by Crippen LogP contribution is -2.27. The van der Waals surface area contributed by atoms with Gasteiger partial charge in [-0.2, -0.15) is 0 Å². The van der Waals surface area contributed by atoms with Gasteiger partial charge in [0.2, 0.25) is 0 Å². The molecule has 0 bridgehead atoms. The monoisotopic (exact) mass is 494 g/mol. The lowest BCUT2D eigenvalue weighted by Gasteiger charge is -2.31. The van der Waals surface area contributed by atoms with Crippen LogP contribution in [0.15, 0.2) is 54.6 Å². The van der Waals surface area contributed by atoms with Crippen molar-refractivity contribution in [1.29, 1.82) is 0 Å². The van der Waals surface area contributed by atoms with Crippen molar-refractivity contribution in [3.05, 3.63) is 65.7 Å². The standard InChI is InChI=1S/C30H39O4P/c1-29(2,3)23-16-20(31-7)18-25(27(23)33-9)35(22-14-12-11-13-15-22)26-19-21(32-8)17-24(28(26)34-10)30(4,5)6/h11-19H,1-10H3. The fourth-order valence-corrected chi connectivity index (χ4v) is 6.90. The highest BCUT2D eigenvalue weighted by Crippen LogP contribution is 2.47. The van der Waals surface area contributed by atoms with Gasteiger partial charge in [0.25, 0.3) is 0 Å². The third kappa shape index (κ3) is 5.59. The first-order chi connectivity index (χ1) is 16.5. The third-order valence-electron chi connectivity index (χ3n) is 6.08. The van der Waals surface area contributed by atoms with E-state index in [2.05, 4.69) is 90.1 Å². The van der Waals surface area contributed by atoms with Gasteiger partial charge >= 0.3 is 0 Å². The Balaban J connectivity index is 2.51. The Morgan fingerprint density at radius 2 is 0.943 bits per heavy atom. The summed E-state index contributed by atoms with van der Waals surface area (Å²) < 4.78 is 23.9. The molecule has 0 atom stereocenters. The fourth-order valence-electron chi connectivity index (χ4n) is 4.27. The van der Waals surface area contributed by atoms with Crippen LogP contribution in [0, 0.1) is 0 Å². The van der Waals surface area contributed by atoms with Crippen LogP contribution in [-0.2, 0) is 10.8 Å². The summed E-state index contributed by atoms with van der Waals surface area (Å²) in [5.74, 6) is 3.39. The Morgan fingerprint density at radius 3 is 1.26 bits per heavy atom. The van der Waals surface area contributed by atoms with E-state index in [0.29, 0.717) is 0 Å². The average Bonchev–Trinajstić information content (AvgIpc) is 2.82. The quantitative estimate of drug-likeness (QED) is 0.374. The summed E-state index contributed by atoms with van der Waals surface area (Å²) in [4.78, 5) is 0. The van der Waals surface area contributed by atoms with Crippen molar-refractivity contribution in [2.24, 2.45) is 0 Å². The minimum absolute atomic E-state index is 0.138. The zero-order chi connectivity index (χ0) is 26.0. The summed E-state index contributed by atoms with van der Waals surface area (Å²) in [6.45, 7) is 13.2. The van der Waals surface area contributed by atoms with Crippen molar-refractivity contribution in [3.63, 3.8) is 0 Å². The van der Waals surface area contributed by atoms with Crippen molar-refractivity contribution >= 4 is 23.8 Å². The lowest BCUT2D eigenvalue weighted by molar-refractivity contribution is 0.390. The molecule has 0 aliphatic carbocycles. The first kappa shape index (κ1) is 26.9. The molecule has 0 spiro atoms. The van der Waals surface area contributed by atoms with E-state index in [9.17, 15) is 0 Å². The smallest absolute Gasteiger partial charge is 0.131 e. The van der Waals surface area contributed by atoms with Crippen molar-refractivity contribution in [2.45, 2.75) is 52.4 Å². The molecular weight excluding hydrogens is 455 g/mol. The van der Waals surface area contributed by atoms with Crippen LogP contribution < -0.4 is 34.9 Å². The molecule has 35 heavy (non-hydrogen) atoms. The summed E-state index contributed by atoms with van der Waals surface area (Å²) in [6, 6.07) is 19.0. The predicted molar refractivity (Wildman–Crippen MR) is 149 cm³/mol. The van der Waals surface area contributed by atoms with Crippen molar-refractivity contribution in [1.82, 2.24) is 0 Å². The summed E-state index contributed by atoms with van der Waals surface area (Å²) in [5, 5.41) is 3.37. The first-order valence-corrected chi connectivity index (χ1v) is 13.2. The summed E-state index contributed by atoms with van der Waals surface area (Å²) in [5.41, 5.74) is 1.94. The van der Waals surface area contributed by atoms with Gasteiger partial charge in [-0.3, -0.25) is 0 Å². The largest absolute Gasteiger partial charge is 0.497 e. The van der Waals surface area contributed by atoms with E-state index in [1.165, 1.54) is 5.30 Å². The third-order valence-corrected chi connectivity index (χ3v) is 8.52. The van der Waals surface area contributed by atoms with Crippen LogP contribution in [0.4, 0.5) is 0 Å². The summed E-state index contributed by atoms with van der Waals surface area (Å²) >= 11 is 0. The Hall–Kier alpha value is -2.71. The number of hydrogen-bond donors (Lipinski definition) is 0. The van der Waals surface area contributed by atoms with Crippen LogP contribution in [0.2, 0.25) is 0 Å². The van der Waals surface area contributed by atoms with Crippen molar-refractivity contribution in [3.8, 4) is 23.0 Å². The van der Waals surface area contributed by atoms with Gasteiger partial charge in [-0.15, -0.1) is 0 Å². The highest BCUT2D eigenvalue weighted by molar-refractivity contribution is 7.80. The molecule has 0 fully saturated rings. The molecule has 3 aromatic carbocycles. The molecule has 0 aromatic heterocycles. The van der Waals surface area contributed by atoms with Crippen LogP contribution in [0.5, 0.6) is 23.0 Å². The Kier molecular flexibility index (Phi) is 8.07. The van der Waals surface area contributed by atoms with Crippen LogP contribution in [0.1, 0.15) is 52.7 Å². The van der Waals surface area contributed by atoms with E-state index in [1.54, 1.807) is 28.4 Å². The Morgan fingerprint density at radius 1 is 0.543 bits per heavy atom. The van der Waals surface area contributed by atoms with Gasteiger partial charge in [0.05, 0.1) is 28.4 Å². The molecule has 0 amide bonds. The number of ether oxygens (including phenoxy) is 4. The molecule has 5 heteroatoms. The molecule has 0 unspecified atom stereocenters. The van der Waals surface area contributed by atoms with Gasteiger partial charge in [-0.1, -0.05) is 71.9 Å². The predicted octanol–water partition coefficient (Wildman–Crippen LogP) is 6.07. The Labute approximate surface area is 212 Å². The number of hydrogen-bond acceptors (Lipinski definition) is 4. The van der Waals surface area contributed by atoms with E-state index >= 15 is 0 Å². The lowest BCUT2D eigenvalue weighted by atomic mass is 9.86. The molecule has 0 radical (unpaired) electrons. The average molecular weight is 495 g/mol. The van der Waals surface area contributed by atoms with Crippen LogP contribution in [0.25, 0.3) is 0 Å². The SMILES string of the molecule is COc1cc(P(c2ccccc2)c2cc(OC)cc(C(C)(C)C)c2OC)c(OC)c(C(C)(C)C)c1. The van der Waals surface area contributed by atoms with Crippen LogP contribution in [-0.4, -0.2) is 28.4 Å². The number of methoxy groups -OCH3 is 4. The molecule has 3 aromatic rings. The van der Waals surface area contributed by atoms with Crippen LogP contribution >= 0.6 is 7.92 Å². The molecule has 0 saturated heterocycles. The molecule has 0 aliphatic heterocycles. The molecule has 0 aliphatic rings. The van der Waals surface area contributed by atoms with E-state index < -0.39 is 7.92 Å². The minimum Gasteiger partial charge on any atom is -0.497 e. The second-order valence-corrected chi connectivity index (χ2v) is 12.8. The van der Waals surface area contributed by atoms with Crippen molar-refractivity contribution < 1.29 is 18.9 Å². The first-order valence-electron chi connectivity index (χ1n) is 11.8. The normalized spacial score (nSPS) is 12.0. The van der Waals surface area contributed by atoms with Gasteiger partial charge in [0.1, 0.15) is 23.0 Å². The maximum absolute atomic E-state index is 6.14. The van der Waals surface area contributed by atoms with E-state index in [0.717, 1.165) is 44.7 Å². The van der Waals surface area contributed by atoms with Gasteiger partial charge in [-0.05, 0) is 48.3 Å². The maximum Gasteiger partial charge on any atom is 0.131 e. The molecule has 0 saturated carbocycles. The van der Waals surface area contributed by atoms with E-state index in [-0.39, 0.29) is 10.8 Å². The van der Waals surface area contributed by atoms with Crippen molar-refractivity contribution in [2.75, 3.05) is 28.4 Å². The minimum atomic E-state index is -1.08. The van der Waals surface area contributed by atoms with Gasteiger partial charge in [0.15, 0.2) is 0 Å². The molecule has 0 N–H and O–H groups in total.